The molecule has 0 saturated carbocycles. The highest BCUT2D eigenvalue weighted by molar-refractivity contribution is 8.00. The Morgan fingerprint density at radius 2 is 1.67 bits per heavy atom. The lowest BCUT2D eigenvalue weighted by molar-refractivity contribution is -0.115. The van der Waals surface area contributed by atoms with E-state index in [1.165, 1.54) is 32.1 Å². The van der Waals surface area contributed by atoms with Gasteiger partial charge in [-0.2, -0.15) is 0 Å². The predicted octanol–water partition coefficient (Wildman–Crippen LogP) is 6.20. The molecule has 0 aromatic heterocycles. The van der Waals surface area contributed by atoms with E-state index in [1.807, 2.05) is 47.4 Å². The topological polar surface area (TPSA) is 29.5 Å². The van der Waals surface area contributed by atoms with Crippen molar-refractivity contribution in [1.29, 1.82) is 0 Å². The highest BCUT2D eigenvalue weighted by atomic mass is 32.2. The molecule has 3 rings (SSSR count). The van der Waals surface area contributed by atoms with Gasteiger partial charge in [-0.15, -0.1) is 11.8 Å². The van der Waals surface area contributed by atoms with Crippen LogP contribution in [0, 0.1) is 0 Å². The van der Waals surface area contributed by atoms with Crippen LogP contribution in [-0.4, -0.2) is 18.3 Å². The summed E-state index contributed by atoms with van der Waals surface area (Å²) in [5.74, 6) is 1.60. The van der Waals surface area contributed by atoms with Gasteiger partial charge in [0, 0.05) is 5.69 Å². The van der Waals surface area contributed by atoms with E-state index in [-0.39, 0.29) is 11.3 Å². The van der Waals surface area contributed by atoms with E-state index < -0.39 is 0 Å². The van der Waals surface area contributed by atoms with Gasteiger partial charge in [-0.1, -0.05) is 69.4 Å². The number of nitrogens with zero attached hydrogens (tertiary/aromatic N) is 1. The van der Waals surface area contributed by atoms with Crippen LogP contribution in [0.1, 0.15) is 56.4 Å². The van der Waals surface area contributed by atoms with E-state index >= 15 is 0 Å². The number of rotatable bonds is 10. The second-order valence-corrected chi connectivity index (χ2v) is 8.02. The van der Waals surface area contributed by atoms with Crippen LogP contribution in [0.15, 0.2) is 54.6 Å². The molecule has 0 bridgehead atoms. The third kappa shape index (κ3) is 5.52. The van der Waals surface area contributed by atoms with E-state index in [4.69, 9.17) is 4.74 Å². The van der Waals surface area contributed by atoms with Crippen molar-refractivity contribution in [3.05, 3.63) is 60.2 Å². The molecular formula is C23H29NO2S. The number of hydrogen-bond acceptors (Lipinski definition) is 3. The molecule has 2 aromatic rings. The molecule has 0 radical (unpaired) electrons. The molecule has 0 unspecified atom stereocenters. The first-order valence-electron chi connectivity index (χ1n) is 10.0. The molecule has 1 saturated heterocycles. The Labute approximate surface area is 167 Å². The molecule has 1 heterocycles. The minimum Gasteiger partial charge on any atom is -0.494 e. The van der Waals surface area contributed by atoms with Crippen LogP contribution in [0.25, 0.3) is 0 Å². The lowest BCUT2D eigenvalue weighted by Gasteiger charge is -2.24. The van der Waals surface area contributed by atoms with Crippen molar-refractivity contribution in [2.75, 3.05) is 17.3 Å². The highest BCUT2D eigenvalue weighted by Crippen LogP contribution is 2.41. The second-order valence-electron chi connectivity index (χ2n) is 6.95. The summed E-state index contributed by atoms with van der Waals surface area (Å²) in [6, 6.07) is 18.1. The summed E-state index contributed by atoms with van der Waals surface area (Å²) >= 11 is 1.68. The van der Waals surface area contributed by atoms with Gasteiger partial charge in [0.1, 0.15) is 11.1 Å². The van der Waals surface area contributed by atoms with Crippen molar-refractivity contribution in [2.24, 2.45) is 0 Å². The van der Waals surface area contributed by atoms with Crippen molar-refractivity contribution in [1.82, 2.24) is 0 Å². The number of hydrogen-bond donors (Lipinski definition) is 0. The SMILES string of the molecule is CCCCCCCCOc1ccc([C@H]2SCC(=O)N2c2ccccc2)cc1. The normalized spacial score (nSPS) is 16.7. The molecule has 3 nitrogen and oxygen atoms in total. The number of thioether (sulfide) groups is 1. The fourth-order valence-electron chi connectivity index (χ4n) is 3.34. The number of amides is 1. The van der Waals surface area contributed by atoms with Gasteiger partial charge in [0.25, 0.3) is 0 Å². The molecule has 1 aliphatic heterocycles. The standard InChI is InChI=1S/C23H29NO2S/c1-2-3-4-5-6-10-17-26-21-15-13-19(14-16-21)23-24(22(25)18-27-23)20-11-8-7-9-12-20/h7-9,11-16,23H,2-6,10,17-18H2,1H3/t23-/m1/s1. The Morgan fingerprint density at radius 3 is 2.41 bits per heavy atom. The molecule has 2 aromatic carbocycles. The van der Waals surface area contributed by atoms with E-state index in [0.717, 1.165) is 30.0 Å². The van der Waals surface area contributed by atoms with Crippen LogP contribution in [0.4, 0.5) is 5.69 Å². The molecule has 27 heavy (non-hydrogen) atoms. The lowest BCUT2D eigenvalue weighted by atomic mass is 10.1. The Morgan fingerprint density at radius 1 is 0.963 bits per heavy atom. The van der Waals surface area contributed by atoms with E-state index in [0.29, 0.717) is 5.75 Å². The van der Waals surface area contributed by atoms with Gasteiger partial charge in [-0.25, -0.2) is 0 Å². The maximum Gasteiger partial charge on any atom is 0.238 e. The molecule has 4 heteroatoms. The molecule has 0 aliphatic carbocycles. The molecule has 144 valence electrons. The van der Waals surface area contributed by atoms with Crippen molar-refractivity contribution in [2.45, 2.75) is 50.8 Å². The number of unbranched alkanes of at least 4 members (excludes halogenated alkanes) is 5. The van der Waals surface area contributed by atoms with E-state index in [9.17, 15) is 4.79 Å². The van der Waals surface area contributed by atoms with Crippen molar-refractivity contribution in [3.8, 4) is 5.75 Å². The van der Waals surface area contributed by atoms with Crippen molar-refractivity contribution in [3.63, 3.8) is 0 Å². The van der Waals surface area contributed by atoms with E-state index in [1.54, 1.807) is 11.8 Å². The zero-order chi connectivity index (χ0) is 18.9. The van der Waals surface area contributed by atoms with Gasteiger partial charge in [-0.05, 0) is 36.2 Å². The van der Waals surface area contributed by atoms with Gasteiger partial charge >= 0.3 is 0 Å². The van der Waals surface area contributed by atoms with Crippen molar-refractivity contribution >= 4 is 23.4 Å². The fourth-order valence-corrected chi connectivity index (χ4v) is 4.52. The Bertz CT molecular complexity index is 702. The number of benzene rings is 2. The van der Waals surface area contributed by atoms with Gasteiger partial charge in [-0.3, -0.25) is 9.69 Å². The van der Waals surface area contributed by atoms with Crippen LogP contribution in [0.2, 0.25) is 0 Å². The first kappa shape index (κ1) is 19.8. The zero-order valence-corrected chi connectivity index (χ0v) is 16.9. The first-order chi connectivity index (χ1) is 13.3. The quantitative estimate of drug-likeness (QED) is 0.457. The van der Waals surface area contributed by atoms with Crippen LogP contribution in [-0.2, 0) is 4.79 Å². The minimum absolute atomic E-state index is 0.0347. The monoisotopic (exact) mass is 383 g/mol. The average Bonchev–Trinajstić information content (AvgIpc) is 3.10. The summed E-state index contributed by atoms with van der Waals surface area (Å²) in [6.07, 6.45) is 7.61. The maximum absolute atomic E-state index is 12.4. The summed E-state index contributed by atoms with van der Waals surface area (Å²) in [4.78, 5) is 14.3. The Kier molecular flexibility index (Phi) is 7.64. The second kappa shape index (κ2) is 10.4. The summed E-state index contributed by atoms with van der Waals surface area (Å²) in [5, 5.41) is 0.0347. The molecule has 1 atom stereocenters. The predicted molar refractivity (Wildman–Crippen MR) is 114 cm³/mol. The number of carbonyl (C=O) groups excluding carboxylic acids is 1. The molecule has 1 amide bonds. The molecular weight excluding hydrogens is 354 g/mol. The first-order valence-corrected chi connectivity index (χ1v) is 11.1. The van der Waals surface area contributed by atoms with Gasteiger partial charge < -0.3 is 4.74 Å². The van der Waals surface area contributed by atoms with Gasteiger partial charge in [0.05, 0.1) is 12.4 Å². The largest absolute Gasteiger partial charge is 0.494 e. The third-order valence-corrected chi connectivity index (χ3v) is 6.05. The summed E-state index contributed by atoms with van der Waals surface area (Å²) in [5.41, 5.74) is 2.10. The molecule has 1 fully saturated rings. The Balaban J connectivity index is 1.53. The zero-order valence-electron chi connectivity index (χ0n) is 16.1. The smallest absolute Gasteiger partial charge is 0.238 e. The third-order valence-electron chi connectivity index (χ3n) is 4.83. The summed E-state index contributed by atoms with van der Waals surface area (Å²) < 4.78 is 5.88. The average molecular weight is 384 g/mol. The molecule has 0 N–H and O–H groups in total. The fraction of sp³-hybridized carbons (Fsp3) is 0.435. The van der Waals surface area contributed by atoms with E-state index in [2.05, 4.69) is 19.1 Å². The van der Waals surface area contributed by atoms with Crippen molar-refractivity contribution < 1.29 is 9.53 Å². The minimum atomic E-state index is 0.0347. The van der Waals surface area contributed by atoms with Crippen LogP contribution < -0.4 is 9.64 Å². The summed E-state index contributed by atoms with van der Waals surface area (Å²) in [7, 11) is 0. The highest BCUT2D eigenvalue weighted by Gasteiger charge is 2.33. The van der Waals surface area contributed by atoms with Gasteiger partial charge in [0.2, 0.25) is 5.91 Å². The number of ether oxygens (including phenoxy) is 1. The van der Waals surface area contributed by atoms with Crippen LogP contribution in [0.3, 0.4) is 0 Å². The lowest BCUT2D eigenvalue weighted by Crippen LogP contribution is -2.27. The van der Waals surface area contributed by atoms with Crippen LogP contribution >= 0.6 is 11.8 Å². The summed E-state index contributed by atoms with van der Waals surface area (Å²) in [6.45, 7) is 3.02. The number of carbonyl (C=O) groups is 1. The number of para-hydroxylation sites is 1. The Hall–Kier alpha value is -1.94. The van der Waals surface area contributed by atoms with Gasteiger partial charge in [0.15, 0.2) is 0 Å². The van der Waals surface area contributed by atoms with Crippen LogP contribution in [0.5, 0.6) is 5.75 Å². The molecule has 1 aliphatic rings. The number of anilines is 1. The maximum atomic E-state index is 12.4. The molecule has 0 spiro atoms.